The number of aryl methyl sites for hydroxylation is 1. The van der Waals surface area contributed by atoms with Gasteiger partial charge in [-0.25, -0.2) is 15.0 Å². The van der Waals surface area contributed by atoms with E-state index < -0.39 is 0 Å². The van der Waals surface area contributed by atoms with Gasteiger partial charge in [0, 0.05) is 11.9 Å². The average molecular weight is 320 g/mol. The fraction of sp³-hybridized carbons (Fsp3) is 0.267. The van der Waals surface area contributed by atoms with E-state index in [1.807, 2.05) is 18.2 Å². The Morgan fingerprint density at radius 3 is 2.68 bits per heavy atom. The molecular formula is C15H18ClN5O. The molecule has 22 heavy (non-hydrogen) atoms. The van der Waals surface area contributed by atoms with Crippen LogP contribution in [-0.2, 0) is 11.2 Å². The number of benzene rings is 1. The summed E-state index contributed by atoms with van der Waals surface area (Å²) in [6.45, 7) is 0.596. The third-order valence-corrected chi connectivity index (χ3v) is 3.31. The molecule has 0 saturated heterocycles. The lowest BCUT2D eigenvalue weighted by Crippen LogP contribution is -2.10. The number of hydrogen-bond acceptors (Lipinski definition) is 6. The first kappa shape index (κ1) is 16.0. The average Bonchev–Trinajstić information content (AvgIpc) is 2.93. The molecule has 1 aromatic heterocycles. The molecule has 1 aromatic carbocycles. The van der Waals surface area contributed by atoms with Crippen LogP contribution in [0.5, 0.6) is 0 Å². The maximum atomic E-state index is 5.50. The van der Waals surface area contributed by atoms with E-state index in [2.05, 4.69) is 32.4 Å². The van der Waals surface area contributed by atoms with E-state index in [1.165, 1.54) is 11.9 Å². The number of ether oxygens (including phenoxy) is 1. The molecule has 6 nitrogen and oxygen atoms in total. The summed E-state index contributed by atoms with van der Waals surface area (Å²) < 4.78 is 5.15. The monoisotopic (exact) mass is 319 g/mol. The lowest BCUT2D eigenvalue weighted by atomic mass is 10.1. The number of rotatable bonds is 5. The van der Waals surface area contributed by atoms with Crippen molar-refractivity contribution in [3.63, 3.8) is 0 Å². The smallest absolute Gasteiger partial charge is 0.282 e. The molecule has 0 spiro atoms. The molecule has 3 N–H and O–H groups in total. The molecule has 0 radical (unpaired) electrons. The first-order chi connectivity index (χ1) is 10.3. The van der Waals surface area contributed by atoms with E-state index in [1.54, 1.807) is 6.20 Å². The molecule has 1 atom stereocenters. The highest BCUT2D eigenvalue weighted by atomic mass is 35.5. The van der Waals surface area contributed by atoms with Crippen LogP contribution in [0.4, 0.5) is 11.5 Å². The predicted octanol–water partition coefficient (Wildman–Crippen LogP) is 2.29. The van der Waals surface area contributed by atoms with Gasteiger partial charge in [0.05, 0.1) is 6.04 Å². The van der Waals surface area contributed by atoms with E-state index in [0.29, 0.717) is 12.6 Å². The summed E-state index contributed by atoms with van der Waals surface area (Å²) in [5.41, 5.74) is 7.77. The molecule has 1 aliphatic rings. The van der Waals surface area contributed by atoms with Crippen molar-refractivity contribution in [2.24, 2.45) is 10.7 Å². The molecule has 0 bridgehead atoms. The van der Waals surface area contributed by atoms with Gasteiger partial charge in [0.25, 0.3) is 6.02 Å². The van der Waals surface area contributed by atoms with Crippen molar-refractivity contribution < 1.29 is 4.74 Å². The molecule has 0 unspecified atom stereocenters. The number of hydrogen-bond donors (Lipinski definition) is 2. The van der Waals surface area contributed by atoms with Crippen molar-refractivity contribution >= 4 is 29.9 Å². The topological polar surface area (TPSA) is 85.4 Å². The second kappa shape index (κ2) is 7.61. The summed E-state index contributed by atoms with van der Waals surface area (Å²) in [5, 5.41) is 3.22. The lowest BCUT2D eigenvalue weighted by molar-refractivity contribution is 0.308. The van der Waals surface area contributed by atoms with Crippen LogP contribution in [0.3, 0.4) is 0 Å². The molecule has 3 rings (SSSR count). The minimum Gasteiger partial charge on any atom is -0.463 e. The summed E-state index contributed by atoms with van der Waals surface area (Å²) in [4.78, 5) is 12.2. The van der Waals surface area contributed by atoms with Crippen LogP contribution in [0, 0.1) is 0 Å². The van der Waals surface area contributed by atoms with Gasteiger partial charge in [-0.3, -0.25) is 0 Å². The van der Waals surface area contributed by atoms with E-state index in [9.17, 15) is 0 Å². The molecule has 0 aliphatic carbocycles. The van der Waals surface area contributed by atoms with Crippen LogP contribution < -0.4 is 11.1 Å². The van der Waals surface area contributed by atoms with Crippen molar-refractivity contribution in [2.45, 2.75) is 18.9 Å². The van der Waals surface area contributed by atoms with Gasteiger partial charge in [-0.15, -0.1) is 12.4 Å². The number of anilines is 2. The summed E-state index contributed by atoms with van der Waals surface area (Å²) in [6.07, 6.45) is 5.13. The Hall–Kier alpha value is -2.34. The Labute approximate surface area is 135 Å². The van der Waals surface area contributed by atoms with Gasteiger partial charge in [0.15, 0.2) is 0 Å². The van der Waals surface area contributed by atoms with Crippen LogP contribution in [0.2, 0.25) is 0 Å². The van der Waals surface area contributed by atoms with Crippen molar-refractivity contribution in [2.75, 3.05) is 11.9 Å². The molecule has 0 amide bonds. The molecule has 1 aliphatic heterocycles. The molecule has 0 fully saturated rings. The highest BCUT2D eigenvalue weighted by molar-refractivity contribution is 5.85. The standard InChI is InChI=1S/C15H17N5O.ClH/c16-15-20-13(9-21-15)6-3-11-1-4-12(5-2-11)19-14-7-8-17-10-18-14;/h1-2,4-5,7-8,10,13H,3,6,9H2,(H2,16,20)(H,17,18,19);1H/t13-;/m0./s1. The zero-order valence-corrected chi connectivity index (χ0v) is 12.8. The second-order valence-electron chi connectivity index (χ2n) is 4.89. The van der Waals surface area contributed by atoms with Gasteiger partial charge < -0.3 is 15.8 Å². The number of nitrogens with two attached hydrogens (primary N) is 1. The van der Waals surface area contributed by atoms with Crippen LogP contribution in [0.1, 0.15) is 12.0 Å². The molecular weight excluding hydrogens is 302 g/mol. The first-order valence-electron chi connectivity index (χ1n) is 6.87. The van der Waals surface area contributed by atoms with Gasteiger partial charge in [-0.2, -0.15) is 0 Å². The number of halogens is 1. The van der Waals surface area contributed by atoms with E-state index in [0.717, 1.165) is 24.3 Å². The highest BCUT2D eigenvalue weighted by Gasteiger charge is 2.15. The summed E-state index contributed by atoms with van der Waals surface area (Å²) in [7, 11) is 0. The van der Waals surface area contributed by atoms with Crippen LogP contribution in [0.25, 0.3) is 0 Å². The Bertz CT molecular complexity index is 618. The first-order valence-corrected chi connectivity index (χ1v) is 6.87. The zero-order chi connectivity index (χ0) is 14.5. The number of aromatic nitrogens is 2. The van der Waals surface area contributed by atoms with Crippen molar-refractivity contribution in [1.29, 1.82) is 0 Å². The van der Waals surface area contributed by atoms with Gasteiger partial charge in [-0.05, 0) is 36.6 Å². The third-order valence-electron chi connectivity index (χ3n) is 3.31. The second-order valence-corrected chi connectivity index (χ2v) is 4.89. The van der Waals surface area contributed by atoms with Gasteiger partial charge in [-0.1, -0.05) is 12.1 Å². The molecule has 2 heterocycles. The zero-order valence-electron chi connectivity index (χ0n) is 12.0. The number of aliphatic imine (C=N–C) groups is 1. The SMILES string of the molecule is Cl.NC1=N[C@@H](CCc2ccc(Nc3ccncn3)cc2)CO1. The Kier molecular flexibility index (Phi) is 5.55. The maximum absolute atomic E-state index is 5.50. The minimum absolute atomic E-state index is 0. The largest absolute Gasteiger partial charge is 0.463 e. The van der Waals surface area contributed by atoms with E-state index >= 15 is 0 Å². The highest BCUT2D eigenvalue weighted by Crippen LogP contribution is 2.17. The summed E-state index contributed by atoms with van der Waals surface area (Å²) >= 11 is 0. The molecule has 7 heteroatoms. The van der Waals surface area contributed by atoms with Gasteiger partial charge >= 0.3 is 0 Å². The molecule has 116 valence electrons. The third kappa shape index (κ3) is 4.33. The summed E-state index contributed by atoms with van der Waals surface area (Å²) in [6, 6.07) is 10.6. The van der Waals surface area contributed by atoms with Crippen LogP contribution in [0.15, 0.2) is 47.8 Å². The lowest BCUT2D eigenvalue weighted by Gasteiger charge is -2.07. The maximum Gasteiger partial charge on any atom is 0.282 e. The fourth-order valence-corrected chi connectivity index (χ4v) is 2.18. The molecule has 2 aromatic rings. The summed E-state index contributed by atoms with van der Waals surface area (Å²) in [5.74, 6) is 0.783. The number of nitrogens with one attached hydrogen (secondary N) is 1. The van der Waals surface area contributed by atoms with E-state index in [4.69, 9.17) is 10.5 Å². The Balaban J connectivity index is 0.00000176. The van der Waals surface area contributed by atoms with Gasteiger partial charge in [0.1, 0.15) is 18.8 Å². The van der Waals surface area contributed by atoms with Crippen LogP contribution in [-0.4, -0.2) is 28.6 Å². The van der Waals surface area contributed by atoms with Crippen molar-refractivity contribution in [3.05, 3.63) is 48.4 Å². The quantitative estimate of drug-likeness (QED) is 0.883. The van der Waals surface area contributed by atoms with Crippen molar-refractivity contribution in [3.8, 4) is 0 Å². The predicted molar refractivity (Wildman–Crippen MR) is 88.7 cm³/mol. The molecule has 0 saturated carbocycles. The van der Waals surface area contributed by atoms with Crippen LogP contribution >= 0.6 is 12.4 Å². The van der Waals surface area contributed by atoms with E-state index in [-0.39, 0.29) is 18.4 Å². The number of nitrogens with zero attached hydrogens (tertiary/aromatic N) is 3. The van der Waals surface area contributed by atoms with Gasteiger partial charge in [0.2, 0.25) is 0 Å². The fourth-order valence-electron chi connectivity index (χ4n) is 2.18. The minimum atomic E-state index is 0. The Morgan fingerprint density at radius 1 is 1.23 bits per heavy atom. The van der Waals surface area contributed by atoms with Crippen molar-refractivity contribution in [1.82, 2.24) is 9.97 Å². The number of amidine groups is 1. The Morgan fingerprint density at radius 2 is 2.05 bits per heavy atom. The normalized spacial score (nSPS) is 16.4.